The van der Waals surface area contributed by atoms with Crippen LogP contribution in [0.3, 0.4) is 0 Å². The van der Waals surface area contributed by atoms with E-state index in [0.717, 1.165) is 16.8 Å². The second-order valence-electron chi connectivity index (χ2n) is 6.48. The van der Waals surface area contributed by atoms with Crippen LogP contribution in [0.5, 0.6) is 0 Å². The Kier molecular flexibility index (Phi) is 5.31. The smallest absolute Gasteiger partial charge is 0.222 e. The Bertz CT molecular complexity index is 1100. The third-order valence-electron chi connectivity index (χ3n) is 4.73. The summed E-state index contributed by atoms with van der Waals surface area (Å²) in [6.45, 7) is -0.111. The minimum Gasteiger partial charge on any atom is -0.394 e. The van der Waals surface area contributed by atoms with Crippen LogP contribution in [0.1, 0.15) is 11.6 Å². The molecule has 0 aliphatic heterocycles. The van der Waals surface area contributed by atoms with Crippen molar-refractivity contribution in [2.24, 2.45) is 0 Å². The lowest BCUT2D eigenvalue weighted by Gasteiger charge is -2.20. The van der Waals surface area contributed by atoms with Gasteiger partial charge in [-0.1, -0.05) is 30.3 Å². The quantitative estimate of drug-likeness (QED) is 0.525. The van der Waals surface area contributed by atoms with Gasteiger partial charge < -0.3 is 15.0 Å². The summed E-state index contributed by atoms with van der Waals surface area (Å²) in [7, 11) is 1.75. The first-order valence-electron chi connectivity index (χ1n) is 9.21. The fourth-order valence-electron chi connectivity index (χ4n) is 3.31. The number of nitrogens with zero attached hydrogens (tertiary/aromatic N) is 4. The molecule has 0 amide bonds. The molecule has 29 heavy (non-hydrogen) atoms. The number of hydrogen-bond acceptors (Lipinski definition) is 5. The number of anilines is 1. The normalized spacial score (nSPS) is 12.0. The Morgan fingerprint density at radius 2 is 1.79 bits per heavy atom. The average molecular weight is 389 g/mol. The fourth-order valence-corrected chi connectivity index (χ4v) is 3.31. The van der Waals surface area contributed by atoms with E-state index in [0.29, 0.717) is 17.3 Å². The van der Waals surface area contributed by atoms with Crippen LogP contribution in [-0.4, -0.2) is 38.3 Å². The molecule has 0 spiro atoms. The molecule has 1 unspecified atom stereocenters. The largest absolute Gasteiger partial charge is 0.394 e. The molecule has 6 nitrogen and oxygen atoms in total. The Morgan fingerprint density at radius 3 is 2.48 bits per heavy atom. The summed E-state index contributed by atoms with van der Waals surface area (Å²) < 4.78 is 15.3. The lowest BCUT2D eigenvalue weighted by Crippen LogP contribution is -2.15. The molecule has 4 rings (SSSR count). The Balaban J connectivity index is 1.93. The monoisotopic (exact) mass is 389 g/mol. The Morgan fingerprint density at radius 1 is 1.03 bits per heavy atom. The van der Waals surface area contributed by atoms with Gasteiger partial charge in [0, 0.05) is 18.8 Å². The molecule has 0 fully saturated rings. The molecule has 2 N–H and O–H groups in total. The molecule has 2 aromatic heterocycles. The van der Waals surface area contributed by atoms with E-state index >= 15 is 0 Å². The Hall–Kier alpha value is -3.58. The number of halogens is 1. The molecular weight excluding hydrogens is 369 g/mol. The van der Waals surface area contributed by atoms with Crippen LogP contribution >= 0.6 is 0 Å². The summed E-state index contributed by atoms with van der Waals surface area (Å²) in [5.41, 5.74) is 3.73. The molecule has 0 bridgehead atoms. The van der Waals surface area contributed by atoms with Gasteiger partial charge >= 0.3 is 0 Å². The summed E-state index contributed by atoms with van der Waals surface area (Å²) in [5, 5.41) is 13.1. The number of rotatable bonds is 6. The van der Waals surface area contributed by atoms with E-state index in [1.165, 1.54) is 12.1 Å². The zero-order valence-corrected chi connectivity index (χ0v) is 15.8. The first-order chi connectivity index (χ1) is 14.2. The summed E-state index contributed by atoms with van der Waals surface area (Å²) in [6.07, 6.45) is 3.35. The zero-order chi connectivity index (χ0) is 20.2. The topological polar surface area (TPSA) is 75.9 Å². The van der Waals surface area contributed by atoms with E-state index in [-0.39, 0.29) is 18.5 Å². The maximum absolute atomic E-state index is 13.4. The molecule has 2 heterocycles. The van der Waals surface area contributed by atoms with Crippen molar-refractivity contribution in [3.05, 3.63) is 84.6 Å². The van der Waals surface area contributed by atoms with E-state index in [2.05, 4.69) is 20.3 Å². The van der Waals surface area contributed by atoms with E-state index in [4.69, 9.17) is 0 Å². The average Bonchev–Trinajstić information content (AvgIpc) is 3.20. The number of hydrogen-bond donors (Lipinski definition) is 2. The molecule has 0 saturated heterocycles. The highest BCUT2D eigenvalue weighted by molar-refractivity contribution is 5.77. The molecule has 2 aromatic carbocycles. The minimum atomic E-state index is -0.346. The first kappa shape index (κ1) is 18.8. The van der Waals surface area contributed by atoms with Crippen molar-refractivity contribution in [2.75, 3.05) is 19.0 Å². The zero-order valence-electron chi connectivity index (χ0n) is 15.8. The summed E-state index contributed by atoms with van der Waals surface area (Å²) in [5.74, 6) is 0.160. The van der Waals surface area contributed by atoms with Crippen molar-refractivity contribution in [1.82, 2.24) is 19.5 Å². The third kappa shape index (κ3) is 3.72. The minimum absolute atomic E-state index is 0.111. The van der Waals surface area contributed by atoms with Crippen LogP contribution in [-0.2, 0) is 0 Å². The predicted octanol–water partition coefficient (Wildman–Crippen LogP) is 3.77. The molecule has 7 heteroatoms. The maximum atomic E-state index is 13.4. The summed E-state index contributed by atoms with van der Waals surface area (Å²) in [6, 6.07) is 17.3. The van der Waals surface area contributed by atoms with Crippen LogP contribution in [0.15, 0.2) is 73.2 Å². The van der Waals surface area contributed by atoms with Crippen LogP contribution in [0.4, 0.5) is 10.3 Å². The number of aromatic nitrogens is 4. The van der Waals surface area contributed by atoms with E-state index in [1.54, 1.807) is 37.8 Å². The van der Waals surface area contributed by atoms with Crippen LogP contribution in [0.2, 0.25) is 0 Å². The summed E-state index contributed by atoms with van der Waals surface area (Å²) in [4.78, 5) is 13.3. The van der Waals surface area contributed by atoms with Gasteiger partial charge in [-0.2, -0.15) is 0 Å². The van der Waals surface area contributed by atoms with E-state index in [9.17, 15) is 9.50 Å². The van der Waals surface area contributed by atoms with Crippen molar-refractivity contribution in [3.63, 3.8) is 0 Å². The SMILES string of the molecule is CNc1nccc(-c2c(-c3ccc(F)cc3)ncn2C(CO)c2ccccc2)n1. The molecule has 0 radical (unpaired) electrons. The highest BCUT2D eigenvalue weighted by atomic mass is 19.1. The number of nitrogens with one attached hydrogen (secondary N) is 1. The maximum Gasteiger partial charge on any atom is 0.222 e. The number of imidazole rings is 1. The highest BCUT2D eigenvalue weighted by Gasteiger charge is 2.22. The van der Waals surface area contributed by atoms with Gasteiger partial charge in [-0.15, -0.1) is 0 Å². The predicted molar refractivity (Wildman–Crippen MR) is 110 cm³/mol. The van der Waals surface area contributed by atoms with Gasteiger partial charge in [0.05, 0.1) is 36.1 Å². The number of aliphatic hydroxyl groups is 1. The lowest BCUT2D eigenvalue weighted by atomic mass is 10.0. The van der Waals surface area contributed by atoms with Crippen molar-refractivity contribution in [2.45, 2.75) is 6.04 Å². The molecule has 4 aromatic rings. The lowest BCUT2D eigenvalue weighted by molar-refractivity contribution is 0.250. The van der Waals surface area contributed by atoms with E-state index < -0.39 is 0 Å². The standard InChI is InChI=1S/C22H20FN5O/c1-24-22-25-12-11-18(27-22)21-20(16-7-9-17(23)10-8-16)26-14-28(21)19(13-29)15-5-3-2-4-6-15/h2-12,14,19,29H,13H2,1H3,(H,24,25,27). The summed E-state index contributed by atoms with van der Waals surface area (Å²) >= 11 is 0. The van der Waals surface area contributed by atoms with Crippen LogP contribution < -0.4 is 5.32 Å². The molecule has 146 valence electrons. The van der Waals surface area contributed by atoms with E-state index in [1.807, 2.05) is 34.9 Å². The molecule has 0 aliphatic rings. The molecule has 0 saturated carbocycles. The fraction of sp³-hybridized carbons (Fsp3) is 0.136. The van der Waals surface area contributed by atoms with Crippen LogP contribution in [0, 0.1) is 5.82 Å². The molecule has 0 aliphatic carbocycles. The number of benzene rings is 2. The van der Waals surface area contributed by atoms with Gasteiger partial charge in [0.25, 0.3) is 0 Å². The third-order valence-corrected chi connectivity index (χ3v) is 4.73. The Labute approximate surface area is 167 Å². The molecular formula is C22H20FN5O. The van der Waals surface area contributed by atoms with Crippen LogP contribution in [0.25, 0.3) is 22.6 Å². The molecule has 1 atom stereocenters. The van der Waals surface area contributed by atoms with Crippen molar-refractivity contribution in [3.8, 4) is 22.6 Å². The van der Waals surface area contributed by atoms with Crippen molar-refractivity contribution in [1.29, 1.82) is 0 Å². The van der Waals surface area contributed by atoms with Gasteiger partial charge in [0.2, 0.25) is 5.95 Å². The number of aliphatic hydroxyl groups excluding tert-OH is 1. The second-order valence-corrected chi connectivity index (χ2v) is 6.48. The van der Waals surface area contributed by atoms with Gasteiger partial charge in [-0.25, -0.2) is 19.3 Å². The van der Waals surface area contributed by atoms with Crippen molar-refractivity contribution < 1.29 is 9.50 Å². The van der Waals surface area contributed by atoms with Gasteiger partial charge in [0.1, 0.15) is 5.82 Å². The van der Waals surface area contributed by atoms with Gasteiger partial charge in [-0.3, -0.25) is 0 Å². The second kappa shape index (κ2) is 8.20. The van der Waals surface area contributed by atoms with Gasteiger partial charge in [-0.05, 0) is 35.9 Å². The van der Waals surface area contributed by atoms with Gasteiger partial charge in [0.15, 0.2) is 0 Å². The first-order valence-corrected chi connectivity index (χ1v) is 9.21. The van der Waals surface area contributed by atoms with Crippen molar-refractivity contribution >= 4 is 5.95 Å². The highest BCUT2D eigenvalue weighted by Crippen LogP contribution is 2.34.